The second-order valence-corrected chi connectivity index (χ2v) is 11.7. The predicted molar refractivity (Wildman–Crippen MR) is 180 cm³/mol. The van der Waals surface area contributed by atoms with Crippen molar-refractivity contribution in [2.75, 3.05) is 38.7 Å². The fourth-order valence-electron chi connectivity index (χ4n) is 5.44. The number of aryl methyl sites for hydroxylation is 1. The number of carbonyl (C=O) groups excluding carboxylic acids is 1. The molecule has 1 amide bonds. The van der Waals surface area contributed by atoms with Crippen LogP contribution in [0.15, 0.2) is 60.9 Å². The van der Waals surface area contributed by atoms with Crippen LogP contribution in [0.5, 0.6) is 5.75 Å². The van der Waals surface area contributed by atoms with Crippen molar-refractivity contribution in [3.05, 3.63) is 87.9 Å². The summed E-state index contributed by atoms with van der Waals surface area (Å²) >= 11 is 13.9. The highest BCUT2D eigenvalue weighted by molar-refractivity contribution is 6.39. The molecule has 0 aliphatic carbocycles. The fourth-order valence-corrected chi connectivity index (χ4v) is 6.04. The van der Waals surface area contributed by atoms with Crippen molar-refractivity contribution < 1.29 is 19.0 Å². The van der Waals surface area contributed by atoms with Crippen LogP contribution in [0.1, 0.15) is 30.4 Å². The molecule has 2 aromatic heterocycles. The fraction of sp³-hybridized carbons (Fsp3) is 0.324. The molecule has 46 heavy (non-hydrogen) atoms. The van der Waals surface area contributed by atoms with E-state index >= 15 is 4.39 Å². The molecule has 12 heteroatoms. The van der Waals surface area contributed by atoms with Crippen LogP contribution < -0.4 is 26.0 Å². The highest BCUT2D eigenvalue weighted by atomic mass is 35.5. The smallest absolute Gasteiger partial charge is 0.220 e. The molecule has 1 aliphatic heterocycles. The minimum absolute atomic E-state index is 0.0636. The summed E-state index contributed by atoms with van der Waals surface area (Å²) in [5.41, 5.74) is 4.65. The van der Waals surface area contributed by atoms with Crippen molar-refractivity contribution in [1.29, 1.82) is 0 Å². The zero-order valence-corrected chi connectivity index (χ0v) is 27.0. The number of aliphatic hydroxyl groups excluding tert-OH is 1. The number of halogens is 3. The topological polar surface area (TPSA) is 120 Å². The largest absolute Gasteiger partial charge is 0.496 e. The highest BCUT2D eigenvalue weighted by Gasteiger charge is 2.21. The number of pyridine rings is 2. The molecule has 9 nitrogen and oxygen atoms in total. The van der Waals surface area contributed by atoms with Crippen LogP contribution in [0.25, 0.3) is 22.4 Å². The molecule has 0 unspecified atom stereocenters. The second-order valence-electron chi connectivity index (χ2n) is 11.0. The Morgan fingerprint density at radius 3 is 2.63 bits per heavy atom. The van der Waals surface area contributed by atoms with Gasteiger partial charge in [-0.2, -0.15) is 0 Å². The van der Waals surface area contributed by atoms with Gasteiger partial charge in [-0.15, -0.1) is 0 Å². The van der Waals surface area contributed by atoms with Gasteiger partial charge in [0.2, 0.25) is 5.91 Å². The molecule has 0 bridgehead atoms. The van der Waals surface area contributed by atoms with Crippen molar-refractivity contribution in [3.8, 4) is 28.1 Å². The zero-order valence-electron chi connectivity index (χ0n) is 25.5. The number of aromatic nitrogens is 2. The van der Waals surface area contributed by atoms with Crippen molar-refractivity contribution in [1.82, 2.24) is 25.9 Å². The summed E-state index contributed by atoms with van der Waals surface area (Å²) in [5.74, 6) is 0.423. The van der Waals surface area contributed by atoms with Gasteiger partial charge in [-0.1, -0.05) is 47.5 Å². The third kappa shape index (κ3) is 8.12. The summed E-state index contributed by atoms with van der Waals surface area (Å²) in [5, 5.41) is 22.2. The first-order valence-electron chi connectivity index (χ1n) is 15.2. The number of rotatable bonds is 15. The number of methoxy groups -OCH3 is 1. The third-order valence-corrected chi connectivity index (χ3v) is 8.63. The van der Waals surface area contributed by atoms with Crippen LogP contribution >= 0.6 is 23.2 Å². The van der Waals surface area contributed by atoms with E-state index < -0.39 is 5.82 Å². The maximum Gasteiger partial charge on any atom is 0.220 e. The second kappa shape index (κ2) is 16.2. The first-order valence-corrected chi connectivity index (χ1v) is 16.0. The van der Waals surface area contributed by atoms with Gasteiger partial charge >= 0.3 is 0 Å². The average Bonchev–Trinajstić information content (AvgIpc) is 3.48. The van der Waals surface area contributed by atoms with Gasteiger partial charge < -0.3 is 31.1 Å². The van der Waals surface area contributed by atoms with Gasteiger partial charge in [-0.05, 0) is 55.6 Å². The van der Waals surface area contributed by atoms with E-state index in [4.69, 9.17) is 33.0 Å². The number of nitrogens with one attached hydrogen (secondary N) is 4. The van der Waals surface area contributed by atoms with Gasteiger partial charge in [0.25, 0.3) is 0 Å². The monoisotopic (exact) mass is 666 g/mol. The van der Waals surface area contributed by atoms with Crippen molar-refractivity contribution >= 4 is 40.6 Å². The normalized spacial score (nSPS) is 14.4. The maximum atomic E-state index is 15.3. The van der Waals surface area contributed by atoms with E-state index in [-0.39, 0.29) is 24.4 Å². The molecule has 1 aliphatic rings. The van der Waals surface area contributed by atoms with Gasteiger partial charge in [-0.25, -0.2) is 9.37 Å². The van der Waals surface area contributed by atoms with E-state index in [0.29, 0.717) is 89.3 Å². The Morgan fingerprint density at radius 2 is 1.85 bits per heavy atom. The van der Waals surface area contributed by atoms with E-state index in [1.165, 1.54) is 0 Å². The zero-order chi connectivity index (χ0) is 32.5. The van der Waals surface area contributed by atoms with Crippen LogP contribution in [0, 0.1) is 5.82 Å². The molecule has 5 rings (SSSR count). The summed E-state index contributed by atoms with van der Waals surface area (Å²) < 4.78 is 21.0. The van der Waals surface area contributed by atoms with E-state index in [1.807, 2.05) is 30.3 Å². The number of nitrogens with zero attached hydrogens (tertiary/aromatic N) is 2. The number of hydrogen-bond acceptors (Lipinski definition) is 8. The standard InChI is InChI=1S/C34H37Cl2FN6O3/c1-46-28-18-22(7-8-23(28)19-39-20-24-9-10-29(45)42-24)33-31(36)26(12-15-40-33)25-5-2-6-27(30(25)35)43-34-32(37)21(11-14-41-34)4-3-13-38-16-17-44/h2,5-8,11-12,14-15,18,24,38-39,44H,3-4,9-10,13,16-17,19-20H2,1H3,(H,41,43)(H,42,45)/t24-/m1/s1. The molecule has 5 N–H and O–H groups in total. The third-order valence-electron chi connectivity index (χ3n) is 7.84. The van der Waals surface area contributed by atoms with Gasteiger partial charge in [0.05, 0.1) is 35.1 Å². The first-order chi connectivity index (χ1) is 22.4. The molecule has 4 aromatic rings. The lowest BCUT2D eigenvalue weighted by atomic mass is 10.0. The molecule has 3 heterocycles. The molecule has 0 spiro atoms. The Kier molecular flexibility index (Phi) is 11.8. The van der Waals surface area contributed by atoms with Crippen LogP contribution in [0.3, 0.4) is 0 Å². The lowest BCUT2D eigenvalue weighted by molar-refractivity contribution is -0.119. The molecule has 1 fully saturated rings. The highest BCUT2D eigenvalue weighted by Crippen LogP contribution is 2.41. The lowest BCUT2D eigenvalue weighted by Crippen LogP contribution is -2.35. The molecular formula is C34H37Cl2FN6O3. The predicted octanol–water partition coefficient (Wildman–Crippen LogP) is 5.89. The number of amides is 1. The number of ether oxygens (including phenoxy) is 1. The molecule has 0 radical (unpaired) electrons. The molecule has 242 valence electrons. The quantitative estimate of drug-likeness (QED) is 0.0997. The van der Waals surface area contributed by atoms with Crippen LogP contribution in [-0.2, 0) is 17.8 Å². The van der Waals surface area contributed by atoms with E-state index in [2.05, 4.69) is 31.2 Å². The SMILES string of the molecule is COc1cc(-c2nccc(-c3cccc(Nc4nccc(CCCNCCO)c4F)c3Cl)c2Cl)ccc1CNC[C@H]1CCC(=O)N1. The maximum absolute atomic E-state index is 15.3. The first kappa shape index (κ1) is 33.6. The Morgan fingerprint density at radius 1 is 1.02 bits per heavy atom. The minimum Gasteiger partial charge on any atom is -0.496 e. The van der Waals surface area contributed by atoms with E-state index in [1.54, 1.807) is 37.7 Å². The minimum atomic E-state index is -0.437. The Labute approximate surface area is 277 Å². The Bertz CT molecular complexity index is 1670. The molecule has 2 aromatic carbocycles. The lowest BCUT2D eigenvalue weighted by Gasteiger charge is -2.16. The summed E-state index contributed by atoms with van der Waals surface area (Å²) in [7, 11) is 1.62. The Balaban J connectivity index is 1.33. The summed E-state index contributed by atoms with van der Waals surface area (Å²) in [6.07, 6.45) is 5.87. The number of hydrogen-bond donors (Lipinski definition) is 5. The molecular weight excluding hydrogens is 630 g/mol. The summed E-state index contributed by atoms with van der Waals surface area (Å²) in [6.45, 7) is 2.50. The van der Waals surface area contributed by atoms with Crippen molar-refractivity contribution in [2.45, 2.75) is 38.3 Å². The van der Waals surface area contributed by atoms with Crippen LogP contribution in [0.2, 0.25) is 10.0 Å². The number of anilines is 2. The number of carbonyl (C=O) groups is 1. The summed E-state index contributed by atoms with van der Waals surface area (Å²) in [6, 6.07) is 14.8. The molecule has 1 atom stereocenters. The van der Waals surface area contributed by atoms with Crippen molar-refractivity contribution in [3.63, 3.8) is 0 Å². The van der Waals surface area contributed by atoms with Gasteiger partial charge in [0.1, 0.15) is 5.75 Å². The van der Waals surface area contributed by atoms with Crippen LogP contribution in [0.4, 0.5) is 15.9 Å². The van der Waals surface area contributed by atoms with E-state index in [0.717, 1.165) is 17.5 Å². The number of aliphatic hydroxyl groups is 1. The van der Waals surface area contributed by atoms with Gasteiger partial charge in [-0.3, -0.25) is 9.78 Å². The summed E-state index contributed by atoms with van der Waals surface area (Å²) in [4.78, 5) is 20.3. The molecule has 1 saturated heterocycles. The molecule has 0 saturated carbocycles. The van der Waals surface area contributed by atoms with E-state index in [9.17, 15) is 4.79 Å². The van der Waals surface area contributed by atoms with Gasteiger partial charge in [0.15, 0.2) is 11.6 Å². The van der Waals surface area contributed by atoms with Crippen LogP contribution in [-0.4, -0.2) is 60.4 Å². The number of benzene rings is 2. The Hall–Kier alpha value is -3.80. The average molecular weight is 668 g/mol. The van der Waals surface area contributed by atoms with Gasteiger partial charge in [0, 0.05) is 66.7 Å². The van der Waals surface area contributed by atoms with Crippen molar-refractivity contribution in [2.24, 2.45) is 0 Å².